The Labute approximate surface area is 106 Å². The van der Waals surface area contributed by atoms with Crippen molar-refractivity contribution in [3.05, 3.63) is 28.4 Å². The van der Waals surface area contributed by atoms with E-state index in [1.807, 2.05) is 0 Å². The molecule has 1 aliphatic rings. The summed E-state index contributed by atoms with van der Waals surface area (Å²) in [6.45, 7) is 4.16. The third-order valence-electron chi connectivity index (χ3n) is 3.76. The van der Waals surface area contributed by atoms with Crippen molar-refractivity contribution in [1.29, 1.82) is 0 Å². The predicted molar refractivity (Wildman–Crippen MR) is 67.5 cm³/mol. The van der Waals surface area contributed by atoms with Gasteiger partial charge < -0.3 is 10.1 Å². The molecule has 1 aromatic rings. The highest BCUT2D eigenvalue weighted by Crippen LogP contribution is 2.44. The van der Waals surface area contributed by atoms with Crippen LogP contribution in [0.15, 0.2) is 18.3 Å². The van der Waals surface area contributed by atoms with Crippen LogP contribution in [0.4, 0.5) is 11.5 Å². The first-order valence-electron chi connectivity index (χ1n) is 5.85. The number of nitrogens with zero attached hydrogens (tertiary/aromatic N) is 2. The second-order valence-electron chi connectivity index (χ2n) is 5.11. The second-order valence-corrected chi connectivity index (χ2v) is 5.11. The number of anilines is 1. The van der Waals surface area contributed by atoms with Gasteiger partial charge in [-0.25, -0.2) is 4.98 Å². The minimum absolute atomic E-state index is 0.00849. The first-order chi connectivity index (χ1) is 8.46. The Kier molecular flexibility index (Phi) is 3.21. The molecule has 2 atom stereocenters. The highest BCUT2D eigenvalue weighted by molar-refractivity contribution is 5.56. The van der Waals surface area contributed by atoms with Gasteiger partial charge in [0.1, 0.15) is 0 Å². The summed E-state index contributed by atoms with van der Waals surface area (Å²) in [6.07, 6.45) is 2.56. The van der Waals surface area contributed by atoms with E-state index in [0.717, 1.165) is 6.42 Å². The lowest BCUT2D eigenvalue weighted by Crippen LogP contribution is -2.57. The van der Waals surface area contributed by atoms with Crippen molar-refractivity contribution in [3.8, 4) is 0 Å². The summed E-state index contributed by atoms with van der Waals surface area (Å²) in [6, 6.07) is 3.15. The summed E-state index contributed by atoms with van der Waals surface area (Å²) in [7, 11) is 1.69. The molecule has 1 aliphatic carbocycles. The van der Waals surface area contributed by atoms with Gasteiger partial charge in [0, 0.05) is 30.8 Å². The number of hydrogen-bond acceptors (Lipinski definition) is 5. The molecule has 0 aliphatic heterocycles. The van der Waals surface area contributed by atoms with Crippen LogP contribution in [0.25, 0.3) is 0 Å². The Morgan fingerprint density at radius 1 is 1.61 bits per heavy atom. The molecule has 0 saturated heterocycles. The van der Waals surface area contributed by atoms with E-state index in [0.29, 0.717) is 5.82 Å². The lowest BCUT2D eigenvalue weighted by atomic mass is 9.64. The van der Waals surface area contributed by atoms with Crippen LogP contribution in [0.1, 0.15) is 20.3 Å². The number of hydrogen-bond donors (Lipinski definition) is 1. The van der Waals surface area contributed by atoms with Crippen LogP contribution in [0.3, 0.4) is 0 Å². The van der Waals surface area contributed by atoms with Gasteiger partial charge in [-0.15, -0.1) is 0 Å². The second kappa shape index (κ2) is 4.53. The average Bonchev–Trinajstić information content (AvgIpc) is 2.34. The number of ether oxygens (including phenoxy) is 1. The molecule has 0 spiro atoms. The Morgan fingerprint density at radius 2 is 2.33 bits per heavy atom. The number of rotatable bonds is 4. The maximum Gasteiger partial charge on any atom is 0.311 e. The summed E-state index contributed by atoms with van der Waals surface area (Å²) in [5.41, 5.74) is -0.0469. The van der Waals surface area contributed by atoms with Crippen molar-refractivity contribution in [2.24, 2.45) is 5.41 Å². The largest absolute Gasteiger partial charge is 0.381 e. The first-order valence-corrected chi connectivity index (χ1v) is 5.85. The van der Waals surface area contributed by atoms with Gasteiger partial charge in [-0.1, -0.05) is 13.8 Å². The Bertz CT molecular complexity index is 462. The monoisotopic (exact) mass is 251 g/mol. The topological polar surface area (TPSA) is 77.3 Å². The fourth-order valence-electron chi connectivity index (χ4n) is 2.35. The van der Waals surface area contributed by atoms with E-state index in [1.54, 1.807) is 19.4 Å². The van der Waals surface area contributed by atoms with Gasteiger partial charge in [0.25, 0.3) is 0 Å². The van der Waals surface area contributed by atoms with Crippen molar-refractivity contribution in [2.45, 2.75) is 32.4 Å². The minimum atomic E-state index is -0.422. The van der Waals surface area contributed by atoms with Crippen LogP contribution < -0.4 is 5.32 Å². The van der Waals surface area contributed by atoms with Crippen LogP contribution in [0.5, 0.6) is 0 Å². The van der Waals surface area contributed by atoms with Gasteiger partial charge >= 0.3 is 5.69 Å². The standard InChI is InChI=1S/C12H17N3O3/c1-12(2)9(7-10(12)18-3)14-11-8(15(16)17)5-4-6-13-11/h4-6,9-10H,7H2,1-3H3,(H,13,14). The minimum Gasteiger partial charge on any atom is -0.381 e. The molecule has 0 amide bonds. The van der Waals surface area contributed by atoms with E-state index < -0.39 is 4.92 Å². The molecule has 6 nitrogen and oxygen atoms in total. The lowest BCUT2D eigenvalue weighted by Gasteiger charge is -2.51. The Balaban J connectivity index is 2.14. The molecule has 2 unspecified atom stereocenters. The maximum atomic E-state index is 10.9. The van der Waals surface area contributed by atoms with Crippen LogP contribution in [-0.4, -0.2) is 29.2 Å². The third kappa shape index (κ3) is 2.03. The molecule has 18 heavy (non-hydrogen) atoms. The van der Waals surface area contributed by atoms with Gasteiger partial charge in [0.05, 0.1) is 11.0 Å². The molecular formula is C12H17N3O3. The van der Waals surface area contributed by atoms with Gasteiger partial charge in [-0.2, -0.15) is 0 Å². The molecule has 98 valence electrons. The average molecular weight is 251 g/mol. The molecule has 1 heterocycles. The third-order valence-corrected chi connectivity index (χ3v) is 3.76. The van der Waals surface area contributed by atoms with Crippen LogP contribution in [0.2, 0.25) is 0 Å². The first kappa shape index (κ1) is 12.8. The molecule has 6 heteroatoms. The number of nitro groups is 1. The van der Waals surface area contributed by atoms with E-state index in [-0.39, 0.29) is 23.2 Å². The fourth-order valence-corrected chi connectivity index (χ4v) is 2.35. The van der Waals surface area contributed by atoms with Crippen LogP contribution >= 0.6 is 0 Å². The zero-order valence-electron chi connectivity index (χ0n) is 10.7. The van der Waals surface area contributed by atoms with E-state index in [2.05, 4.69) is 24.1 Å². The molecule has 0 aromatic carbocycles. The van der Waals surface area contributed by atoms with Crippen molar-refractivity contribution < 1.29 is 9.66 Å². The predicted octanol–water partition coefficient (Wildman–Crippen LogP) is 2.22. The number of pyridine rings is 1. The molecule has 0 bridgehead atoms. The van der Waals surface area contributed by atoms with Crippen LogP contribution in [0, 0.1) is 15.5 Å². The van der Waals surface area contributed by atoms with Crippen molar-refractivity contribution in [3.63, 3.8) is 0 Å². The quantitative estimate of drug-likeness (QED) is 0.655. The molecule has 1 N–H and O–H groups in total. The summed E-state index contributed by atoms with van der Waals surface area (Å²) >= 11 is 0. The van der Waals surface area contributed by atoms with E-state index >= 15 is 0 Å². The fraction of sp³-hybridized carbons (Fsp3) is 0.583. The van der Waals surface area contributed by atoms with Gasteiger partial charge in [0.15, 0.2) is 0 Å². The molecule has 1 aromatic heterocycles. The number of nitrogens with one attached hydrogen (secondary N) is 1. The summed E-state index contributed by atoms with van der Waals surface area (Å²) < 4.78 is 5.35. The summed E-state index contributed by atoms with van der Waals surface area (Å²) in [5, 5.41) is 14.0. The van der Waals surface area contributed by atoms with Crippen molar-refractivity contribution >= 4 is 11.5 Å². The molecule has 1 saturated carbocycles. The molecular weight excluding hydrogens is 234 g/mol. The van der Waals surface area contributed by atoms with E-state index in [4.69, 9.17) is 4.74 Å². The Hall–Kier alpha value is -1.69. The van der Waals surface area contributed by atoms with E-state index in [1.165, 1.54) is 6.07 Å². The maximum absolute atomic E-state index is 10.9. The smallest absolute Gasteiger partial charge is 0.311 e. The highest BCUT2D eigenvalue weighted by Gasteiger charge is 2.49. The molecule has 0 radical (unpaired) electrons. The Morgan fingerprint density at radius 3 is 2.89 bits per heavy atom. The SMILES string of the molecule is COC1CC(Nc2ncccc2[N+](=O)[O-])C1(C)C. The zero-order chi connectivity index (χ0) is 13.3. The number of aromatic nitrogens is 1. The van der Waals surface area contributed by atoms with Gasteiger partial charge in [-0.05, 0) is 12.5 Å². The number of methoxy groups -OCH3 is 1. The van der Waals surface area contributed by atoms with Gasteiger partial charge in [0.2, 0.25) is 5.82 Å². The molecule has 1 fully saturated rings. The van der Waals surface area contributed by atoms with Crippen LogP contribution in [-0.2, 0) is 4.74 Å². The molecule has 2 rings (SSSR count). The summed E-state index contributed by atoms with van der Waals surface area (Å²) in [4.78, 5) is 14.5. The lowest BCUT2D eigenvalue weighted by molar-refractivity contribution is -0.384. The normalized spacial score (nSPS) is 25.3. The van der Waals surface area contributed by atoms with Gasteiger partial charge in [-0.3, -0.25) is 10.1 Å². The van der Waals surface area contributed by atoms with Crippen molar-refractivity contribution in [2.75, 3.05) is 12.4 Å². The zero-order valence-corrected chi connectivity index (χ0v) is 10.7. The summed E-state index contributed by atoms with van der Waals surface area (Å²) in [5.74, 6) is 0.329. The van der Waals surface area contributed by atoms with Crippen molar-refractivity contribution in [1.82, 2.24) is 4.98 Å². The van der Waals surface area contributed by atoms with E-state index in [9.17, 15) is 10.1 Å². The highest BCUT2D eigenvalue weighted by atomic mass is 16.6.